The summed E-state index contributed by atoms with van der Waals surface area (Å²) in [6, 6.07) is 8.17. The van der Waals surface area contributed by atoms with Crippen LogP contribution in [-0.2, 0) is 5.41 Å². The van der Waals surface area contributed by atoms with E-state index < -0.39 is 0 Å². The van der Waals surface area contributed by atoms with Crippen LogP contribution in [0.5, 0.6) is 0 Å². The highest BCUT2D eigenvalue weighted by Gasteiger charge is 2.54. The molecule has 0 unspecified atom stereocenters. The van der Waals surface area contributed by atoms with Gasteiger partial charge in [0.05, 0.1) is 5.88 Å². The molecule has 1 heterocycles. The maximum atomic E-state index is 6.12. The fourth-order valence-corrected chi connectivity index (χ4v) is 6.47. The predicted octanol–water partition coefficient (Wildman–Crippen LogP) is 5.46. The number of rotatable bonds is 5. The first kappa shape index (κ1) is 16.2. The molecule has 1 aromatic heterocycles. The minimum Gasteiger partial charge on any atom is -0.415 e. The monoisotopic (exact) mass is 419 g/mol. The molecule has 0 amide bonds. The van der Waals surface area contributed by atoms with Gasteiger partial charge in [-0.2, -0.15) is 0 Å². The van der Waals surface area contributed by atoms with Crippen LogP contribution in [0.2, 0.25) is 0 Å². The van der Waals surface area contributed by atoms with Gasteiger partial charge in [-0.15, -0.1) is 10.2 Å². The average Bonchev–Trinajstić information content (AvgIpc) is 3.05. The van der Waals surface area contributed by atoms with Crippen LogP contribution in [0.1, 0.15) is 44.4 Å². The lowest BCUT2D eigenvalue weighted by molar-refractivity contribution is -0.0191. The summed E-state index contributed by atoms with van der Waals surface area (Å²) >= 11 is 5.03. The first-order valence-electron chi connectivity index (χ1n) is 9.15. The number of hydrogen-bond donors (Lipinski definition) is 1. The Morgan fingerprint density at radius 1 is 1.04 bits per heavy atom. The summed E-state index contributed by atoms with van der Waals surface area (Å²) in [5.74, 6) is 4.33. The second kappa shape index (κ2) is 6.31. The van der Waals surface area contributed by atoms with Crippen molar-refractivity contribution in [2.24, 2.45) is 17.8 Å². The van der Waals surface area contributed by atoms with Gasteiger partial charge in [0, 0.05) is 15.6 Å². The Kier molecular flexibility index (Phi) is 4.08. The summed E-state index contributed by atoms with van der Waals surface area (Å²) in [6.07, 6.45) is 8.11. The number of nitrogens with zero attached hydrogens (tertiary/aromatic N) is 2. The van der Waals surface area contributed by atoms with Crippen LogP contribution in [0.4, 0.5) is 5.69 Å². The summed E-state index contributed by atoms with van der Waals surface area (Å²) in [7, 11) is 0. The highest BCUT2D eigenvalue weighted by atomic mass is 79.9. The molecule has 4 bridgehead atoms. The van der Waals surface area contributed by atoms with Gasteiger partial charge in [0.15, 0.2) is 0 Å². The van der Waals surface area contributed by atoms with Crippen LogP contribution in [0, 0.1) is 17.8 Å². The summed E-state index contributed by atoms with van der Waals surface area (Å²) in [5.41, 5.74) is 1.29. The lowest BCUT2D eigenvalue weighted by atomic mass is 9.49. The molecule has 4 saturated carbocycles. The third kappa shape index (κ3) is 3.12. The maximum Gasteiger partial charge on any atom is 0.278 e. The van der Waals surface area contributed by atoms with Gasteiger partial charge in [-0.05, 0) is 92.3 Å². The zero-order valence-corrected chi connectivity index (χ0v) is 16.5. The molecular formula is C19H22BrN3OS. The molecule has 1 aromatic carbocycles. The Labute approximate surface area is 160 Å². The highest BCUT2D eigenvalue weighted by Crippen LogP contribution is 2.60. The van der Waals surface area contributed by atoms with E-state index in [4.69, 9.17) is 4.42 Å². The Morgan fingerprint density at radius 2 is 1.68 bits per heavy atom. The molecule has 0 atom stereocenters. The fraction of sp³-hybridized carbons (Fsp3) is 0.579. The summed E-state index contributed by atoms with van der Waals surface area (Å²) in [5, 5.41) is 12.9. The molecule has 4 fully saturated rings. The van der Waals surface area contributed by atoms with Crippen molar-refractivity contribution in [3.05, 3.63) is 34.6 Å². The molecule has 132 valence electrons. The Bertz CT molecular complexity index is 725. The molecule has 1 N–H and O–H groups in total. The molecule has 0 spiro atoms. The maximum absolute atomic E-state index is 6.12. The molecule has 6 heteroatoms. The van der Waals surface area contributed by atoms with E-state index in [1.807, 2.05) is 12.1 Å². The van der Waals surface area contributed by atoms with Crippen molar-refractivity contribution in [1.82, 2.24) is 10.2 Å². The van der Waals surface area contributed by atoms with Gasteiger partial charge >= 0.3 is 0 Å². The summed E-state index contributed by atoms with van der Waals surface area (Å²) < 4.78 is 7.20. The van der Waals surface area contributed by atoms with E-state index in [-0.39, 0.29) is 5.41 Å². The van der Waals surface area contributed by atoms with Crippen LogP contribution in [0.3, 0.4) is 0 Å². The summed E-state index contributed by atoms with van der Waals surface area (Å²) in [6.45, 7) is 0. The number of aromatic nitrogens is 2. The predicted molar refractivity (Wildman–Crippen MR) is 103 cm³/mol. The van der Waals surface area contributed by atoms with Gasteiger partial charge in [-0.3, -0.25) is 0 Å². The van der Waals surface area contributed by atoms with Crippen LogP contribution < -0.4 is 5.32 Å². The van der Waals surface area contributed by atoms with Crippen molar-refractivity contribution < 1.29 is 4.42 Å². The van der Waals surface area contributed by atoms with Crippen LogP contribution >= 0.6 is 27.7 Å². The second-order valence-corrected chi connectivity index (χ2v) is 9.89. The quantitative estimate of drug-likeness (QED) is 0.514. The largest absolute Gasteiger partial charge is 0.415 e. The van der Waals surface area contributed by atoms with Gasteiger partial charge < -0.3 is 9.73 Å². The van der Waals surface area contributed by atoms with Gasteiger partial charge in [0.2, 0.25) is 5.89 Å². The Balaban J connectivity index is 1.24. The third-order valence-electron chi connectivity index (χ3n) is 6.21. The third-order valence-corrected chi connectivity index (χ3v) is 7.44. The van der Waals surface area contributed by atoms with E-state index in [1.165, 1.54) is 38.5 Å². The lowest BCUT2D eigenvalue weighted by Crippen LogP contribution is -2.48. The Morgan fingerprint density at radius 3 is 2.32 bits per heavy atom. The van der Waals surface area contributed by atoms with E-state index in [2.05, 4.69) is 43.6 Å². The van der Waals surface area contributed by atoms with Crippen molar-refractivity contribution in [2.75, 3.05) is 11.2 Å². The average molecular weight is 420 g/mol. The standard InChI is InChI=1S/C19H22BrN3OS/c20-15-1-3-16(4-2-15)21-11-25-18-23-22-17(24-18)19-8-12-5-13(9-19)7-14(6-12)10-19/h1-4,12-14,21H,5-11H2. The minimum atomic E-state index is 0.194. The fourth-order valence-electron chi connectivity index (χ4n) is 5.60. The van der Waals surface area contributed by atoms with Gasteiger partial charge in [-0.1, -0.05) is 15.9 Å². The van der Waals surface area contributed by atoms with Crippen LogP contribution in [-0.4, -0.2) is 16.1 Å². The van der Waals surface area contributed by atoms with E-state index in [0.717, 1.165) is 39.7 Å². The number of thioether (sulfide) groups is 1. The number of nitrogens with one attached hydrogen (secondary N) is 1. The van der Waals surface area contributed by atoms with Gasteiger partial charge in [0.1, 0.15) is 0 Å². The topological polar surface area (TPSA) is 51.0 Å². The zero-order chi connectivity index (χ0) is 16.9. The smallest absolute Gasteiger partial charge is 0.278 e. The number of benzene rings is 1. The van der Waals surface area contributed by atoms with E-state index in [0.29, 0.717) is 5.22 Å². The number of anilines is 1. The molecule has 4 nitrogen and oxygen atoms in total. The van der Waals surface area contributed by atoms with Gasteiger partial charge in [-0.25, -0.2) is 0 Å². The van der Waals surface area contributed by atoms with Crippen molar-refractivity contribution in [1.29, 1.82) is 0 Å². The number of hydrogen-bond acceptors (Lipinski definition) is 5. The van der Waals surface area contributed by atoms with E-state index in [9.17, 15) is 0 Å². The molecule has 6 rings (SSSR count). The minimum absolute atomic E-state index is 0.194. The molecule has 4 aliphatic carbocycles. The lowest BCUT2D eigenvalue weighted by Gasteiger charge is -2.55. The van der Waals surface area contributed by atoms with Crippen molar-refractivity contribution in [2.45, 2.75) is 49.2 Å². The summed E-state index contributed by atoms with van der Waals surface area (Å²) in [4.78, 5) is 0. The van der Waals surface area contributed by atoms with Crippen LogP contribution in [0.15, 0.2) is 38.4 Å². The molecule has 0 radical (unpaired) electrons. The van der Waals surface area contributed by atoms with E-state index >= 15 is 0 Å². The molecular weight excluding hydrogens is 398 g/mol. The highest BCUT2D eigenvalue weighted by molar-refractivity contribution is 9.10. The molecule has 2 aromatic rings. The molecule has 4 aliphatic rings. The molecule has 0 aliphatic heterocycles. The van der Waals surface area contributed by atoms with Gasteiger partial charge in [0.25, 0.3) is 5.22 Å². The molecule has 25 heavy (non-hydrogen) atoms. The van der Waals surface area contributed by atoms with Crippen molar-refractivity contribution in [3.63, 3.8) is 0 Å². The van der Waals surface area contributed by atoms with Crippen LogP contribution in [0.25, 0.3) is 0 Å². The zero-order valence-electron chi connectivity index (χ0n) is 14.1. The normalized spacial score (nSPS) is 32.9. The second-order valence-electron chi connectivity index (χ2n) is 8.04. The SMILES string of the molecule is Brc1ccc(NCSc2nnc(C34CC5CC(CC(C5)C3)C4)o2)cc1. The number of halogens is 1. The van der Waals surface area contributed by atoms with Crippen molar-refractivity contribution in [3.8, 4) is 0 Å². The Hall–Kier alpha value is -1.01. The van der Waals surface area contributed by atoms with Crippen molar-refractivity contribution >= 4 is 33.4 Å². The first-order chi connectivity index (χ1) is 12.2. The molecule has 0 saturated heterocycles. The first-order valence-corrected chi connectivity index (χ1v) is 10.9. The van der Waals surface area contributed by atoms with E-state index in [1.54, 1.807) is 11.8 Å².